The van der Waals surface area contributed by atoms with Crippen molar-refractivity contribution in [1.82, 2.24) is 4.98 Å². The summed E-state index contributed by atoms with van der Waals surface area (Å²) in [6.07, 6.45) is -5.26. The Labute approximate surface area is 191 Å². The fraction of sp³-hybridized carbons (Fsp3) is 0.333. The normalized spacial score (nSPS) is 18.5. The summed E-state index contributed by atoms with van der Waals surface area (Å²) in [4.78, 5) is 43.8. The second kappa shape index (κ2) is 8.97. The maximum atomic E-state index is 13.5. The van der Waals surface area contributed by atoms with Gasteiger partial charge in [-0.2, -0.15) is 13.2 Å². The quantitative estimate of drug-likeness (QED) is 0.655. The van der Waals surface area contributed by atoms with Gasteiger partial charge in [-0.3, -0.25) is 19.3 Å². The number of rotatable bonds is 5. The third kappa shape index (κ3) is 5.08. The van der Waals surface area contributed by atoms with Gasteiger partial charge in [0.25, 0.3) is 0 Å². The van der Waals surface area contributed by atoms with Crippen LogP contribution in [0.4, 0.5) is 29.1 Å². The topological polar surface area (TPSA) is 96.6 Å². The largest absolute Gasteiger partial charge is 0.416 e. The van der Waals surface area contributed by atoms with Gasteiger partial charge in [0.1, 0.15) is 17.7 Å². The predicted octanol–water partition coefficient (Wildman–Crippen LogP) is 3.46. The van der Waals surface area contributed by atoms with E-state index in [1.807, 2.05) is 0 Å². The molecule has 0 saturated carbocycles. The molecule has 1 aromatic heterocycles. The van der Waals surface area contributed by atoms with E-state index in [0.29, 0.717) is 6.07 Å². The number of amides is 3. The van der Waals surface area contributed by atoms with Gasteiger partial charge in [-0.05, 0) is 43.7 Å². The molecule has 7 nitrogen and oxygen atoms in total. The Bertz CT molecular complexity index is 1130. The second-order valence-electron chi connectivity index (χ2n) is 7.68. The van der Waals surface area contributed by atoms with E-state index >= 15 is 0 Å². The van der Waals surface area contributed by atoms with Crippen molar-refractivity contribution in [1.29, 1.82) is 0 Å². The van der Waals surface area contributed by atoms with E-state index in [0.717, 1.165) is 21.9 Å². The molecule has 0 radical (unpaired) electrons. The first-order valence-corrected chi connectivity index (χ1v) is 10.1. The van der Waals surface area contributed by atoms with E-state index < -0.39 is 47.2 Å². The molecule has 33 heavy (non-hydrogen) atoms. The average molecular weight is 487 g/mol. The molecule has 12 heteroatoms. The number of anilines is 2. The lowest BCUT2D eigenvalue weighted by molar-refractivity contribution is -0.137. The standard InChI is InChI=1S/C21H19ClF4N4O3/c1-10-5-12(21(24,25)26)8-18(28-10)30-16(6-11(19(30)32)7-17(27)31)20(33)29(2)13-3-4-15(23)14(22)9-13/h3-5,8-9,11,16H,6-7H2,1-2H3,(H2,27,31)/t11-,16+/m1/s1. The molecule has 0 aliphatic carbocycles. The zero-order valence-electron chi connectivity index (χ0n) is 17.5. The van der Waals surface area contributed by atoms with E-state index in [9.17, 15) is 31.9 Å². The van der Waals surface area contributed by atoms with Crippen LogP contribution >= 0.6 is 11.6 Å². The van der Waals surface area contributed by atoms with Crippen LogP contribution in [0.1, 0.15) is 24.1 Å². The van der Waals surface area contributed by atoms with Crippen molar-refractivity contribution in [3.8, 4) is 0 Å². The number of benzene rings is 1. The number of carbonyl (C=O) groups is 3. The number of halogens is 5. The Kier molecular flexibility index (Phi) is 6.64. The highest BCUT2D eigenvalue weighted by Gasteiger charge is 2.47. The number of aryl methyl sites for hydroxylation is 1. The number of hydrogen-bond acceptors (Lipinski definition) is 4. The lowest BCUT2D eigenvalue weighted by Crippen LogP contribution is -2.46. The number of aromatic nitrogens is 1. The molecule has 0 bridgehead atoms. The summed E-state index contributed by atoms with van der Waals surface area (Å²) in [5.41, 5.74) is 4.35. The van der Waals surface area contributed by atoms with Crippen LogP contribution in [0.2, 0.25) is 5.02 Å². The molecule has 1 aliphatic heterocycles. The first kappa shape index (κ1) is 24.4. The van der Waals surface area contributed by atoms with Gasteiger partial charge in [0.05, 0.1) is 10.6 Å². The van der Waals surface area contributed by atoms with Gasteiger partial charge < -0.3 is 10.6 Å². The molecule has 0 spiro atoms. The summed E-state index contributed by atoms with van der Waals surface area (Å²) < 4.78 is 53.5. The summed E-state index contributed by atoms with van der Waals surface area (Å²) in [5.74, 6) is -4.32. The Morgan fingerprint density at radius 3 is 2.52 bits per heavy atom. The lowest BCUT2D eigenvalue weighted by atomic mass is 10.0. The molecule has 1 aliphatic rings. The van der Waals surface area contributed by atoms with Gasteiger partial charge in [0.15, 0.2) is 0 Å². The second-order valence-corrected chi connectivity index (χ2v) is 8.08. The number of primary amides is 1. The first-order chi connectivity index (χ1) is 15.3. The molecule has 2 atom stereocenters. The van der Waals surface area contributed by atoms with E-state index in [1.54, 1.807) is 0 Å². The fourth-order valence-corrected chi connectivity index (χ4v) is 3.88. The predicted molar refractivity (Wildman–Crippen MR) is 112 cm³/mol. The van der Waals surface area contributed by atoms with Crippen molar-refractivity contribution in [2.45, 2.75) is 32.0 Å². The lowest BCUT2D eigenvalue weighted by Gasteiger charge is -2.28. The molecule has 2 aromatic rings. The Hall–Kier alpha value is -3.21. The Morgan fingerprint density at radius 1 is 1.27 bits per heavy atom. The van der Waals surface area contributed by atoms with Crippen molar-refractivity contribution in [2.75, 3.05) is 16.8 Å². The summed E-state index contributed by atoms with van der Waals surface area (Å²) in [6, 6.07) is 3.75. The smallest absolute Gasteiger partial charge is 0.370 e. The molecule has 0 unspecified atom stereocenters. The van der Waals surface area contributed by atoms with Gasteiger partial charge in [0.2, 0.25) is 17.7 Å². The zero-order valence-corrected chi connectivity index (χ0v) is 18.2. The minimum atomic E-state index is -4.71. The highest BCUT2D eigenvalue weighted by molar-refractivity contribution is 6.31. The van der Waals surface area contributed by atoms with Crippen LogP contribution in [0, 0.1) is 18.7 Å². The number of nitrogens with zero attached hydrogens (tertiary/aromatic N) is 3. The third-order valence-corrected chi connectivity index (χ3v) is 5.56. The first-order valence-electron chi connectivity index (χ1n) is 9.69. The van der Waals surface area contributed by atoms with Crippen molar-refractivity contribution in [3.05, 3.63) is 52.4 Å². The van der Waals surface area contributed by atoms with E-state index in [2.05, 4.69) is 4.98 Å². The average Bonchev–Trinajstić information content (AvgIpc) is 3.03. The fourth-order valence-electron chi connectivity index (χ4n) is 3.71. The summed E-state index contributed by atoms with van der Waals surface area (Å²) in [5, 5.41) is -0.242. The minimum absolute atomic E-state index is 0.0177. The molecule has 1 aromatic carbocycles. The number of likely N-dealkylation sites (N-methyl/N-ethyl adjacent to an activating group) is 1. The molecule has 2 heterocycles. The third-order valence-electron chi connectivity index (χ3n) is 5.27. The van der Waals surface area contributed by atoms with Gasteiger partial charge in [0, 0.05) is 30.8 Å². The van der Waals surface area contributed by atoms with E-state index in [4.69, 9.17) is 17.3 Å². The van der Waals surface area contributed by atoms with Gasteiger partial charge >= 0.3 is 6.18 Å². The highest BCUT2D eigenvalue weighted by Crippen LogP contribution is 2.37. The van der Waals surface area contributed by atoms with Crippen molar-refractivity contribution in [2.24, 2.45) is 11.7 Å². The molecule has 3 rings (SSSR count). The maximum absolute atomic E-state index is 13.5. The molecular formula is C21H19ClF4N4O3. The highest BCUT2D eigenvalue weighted by atomic mass is 35.5. The van der Waals surface area contributed by atoms with Crippen molar-refractivity contribution < 1.29 is 31.9 Å². The van der Waals surface area contributed by atoms with Crippen LogP contribution in [-0.2, 0) is 20.6 Å². The molecule has 176 valence electrons. The van der Waals surface area contributed by atoms with Crippen LogP contribution in [0.25, 0.3) is 0 Å². The number of nitrogens with two attached hydrogens (primary N) is 1. The molecule has 1 fully saturated rings. The van der Waals surface area contributed by atoms with Gasteiger partial charge in [-0.15, -0.1) is 0 Å². The van der Waals surface area contributed by atoms with Crippen molar-refractivity contribution in [3.63, 3.8) is 0 Å². The molecule has 2 N–H and O–H groups in total. The minimum Gasteiger partial charge on any atom is -0.370 e. The van der Waals surface area contributed by atoms with Crippen LogP contribution in [0.5, 0.6) is 0 Å². The molecular weight excluding hydrogens is 468 g/mol. The number of carbonyl (C=O) groups excluding carboxylic acids is 3. The number of pyridine rings is 1. The molecule has 3 amide bonds. The maximum Gasteiger partial charge on any atom is 0.416 e. The van der Waals surface area contributed by atoms with Gasteiger partial charge in [-0.25, -0.2) is 9.37 Å². The summed E-state index contributed by atoms with van der Waals surface area (Å²) in [7, 11) is 1.35. The number of hydrogen-bond donors (Lipinski definition) is 1. The monoisotopic (exact) mass is 486 g/mol. The van der Waals surface area contributed by atoms with Crippen LogP contribution in [0.15, 0.2) is 30.3 Å². The Morgan fingerprint density at radius 2 is 1.94 bits per heavy atom. The Balaban J connectivity index is 2.04. The summed E-state index contributed by atoms with van der Waals surface area (Å²) >= 11 is 5.78. The van der Waals surface area contributed by atoms with E-state index in [-0.39, 0.29) is 35.1 Å². The van der Waals surface area contributed by atoms with Crippen molar-refractivity contribution >= 4 is 40.8 Å². The van der Waals surface area contributed by atoms with Gasteiger partial charge in [-0.1, -0.05) is 11.6 Å². The van der Waals surface area contributed by atoms with Crippen LogP contribution < -0.4 is 15.5 Å². The number of alkyl halides is 3. The zero-order chi connectivity index (χ0) is 24.7. The van der Waals surface area contributed by atoms with Crippen LogP contribution in [-0.4, -0.2) is 35.8 Å². The SMILES string of the molecule is Cc1cc(C(F)(F)F)cc(N2C(=O)[C@@H](CC(N)=O)C[C@H]2C(=O)N(C)c2ccc(F)c(Cl)c2)n1. The van der Waals surface area contributed by atoms with E-state index in [1.165, 1.54) is 26.1 Å². The summed E-state index contributed by atoms with van der Waals surface area (Å²) in [6.45, 7) is 1.32. The molecule has 1 saturated heterocycles. The van der Waals surface area contributed by atoms with Crippen LogP contribution in [0.3, 0.4) is 0 Å².